The number of nitrogens with one attached hydrogen (secondary N) is 1. The molecule has 9 heteroatoms. The van der Waals surface area contributed by atoms with E-state index < -0.39 is 31.8 Å². The second kappa shape index (κ2) is 8.05. The summed E-state index contributed by atoms with van der Waals surface area (Å²) in [6.45, 7) is 4.81. The van der Waals surface area contributed by atoms with Crippen molar-refractivity contribution in [1.82, 2.24) is 4.72 Å². The molecule has 6 nitrogen and oxygen atoms in total. The van der Waals surface area contributed by atoms with Crippen LogP contribution in [0.25, 0.3) is 0 Å². The van der Waals surface area contributed by atoms with Crippen LogP contribution in [0.15, 0.2) is 57.2 Å². The molecule has 0 aliphatic heterocycles. The zero-order valence-electron chi connectivity index (χ0n) is 15.2. The average molecular weight is 416 g/mol. The maximum atomic E-state index is 13.1. The van der Waals surface area contributed by atoms with E-state index in [1.165, 1.54) is 19.1 Å². The Morgan fingerprint density at radius 1 is 0.963 bits per heavy atom. The van der Waals surface area contributed by atoms with Crippen LogP contribution in [0.2, 0.25) is 0 Å². The fraction of sp³-hybridized carbons (Fsp3) is 0.333. The Bertz CT molecular complexity index is 1010. The number of halogens is 1. The normalized spacial score (nSPS) is 13.7. The maximum absolute atomic E-state index is 13.1. The van der Waals surface area contributed by atoms with Gasteiger partial charge in [0.15, 0.2) is 0 Å². The summed E-state index contributed by atoms with van der Waals surface area (Å²) in [4.78, 5) is -0.515. The fourth-order valence-electron chi connectivity index (χ4n) is 2.45. The van der Waals surface area contributed by atoms with E-state index in [0.29, 0.717) is 5.56 Å². The van der Waals surface area contributed by atoms with Crippen LogP contribution >= 0.6 is 0 Å². The van der Waals surface area contributed by atoms with Gasteiger partial charge in [-0.2, -0.15) is 0 Å². The van der Waals surface area contributed by atoms with Crippen LogP contribution in [-0.4, -0.2) is 34.6 Å². The van der Waals surface area contributed by atoms with Crippen LogP contribution in [0.3, 0.4) is 0 Å². The third kappa shape index (κ3) is 4.92. The molecule has 27 heavy (non-hydrogen) atoms. The van der Waals surface area contributed by atoms with E-state index in [4.69, 9.17) is 0 Å². The zero-order valence-corrected chi connectivity index (χ0v) is 16.8. The van der Waals surface area contributed by atoms with Crippen LogP contribution < -0.4 is 4.72 Å². The van der Waals surface area contributed by atoms with Gasteiger partial charge in [0.05, 0.1) is 20.8 Å². The Balaban J connectivity index is 2.59. The van der Waals surface area contributed by atoms with Crippen molar-refractivity contribution in [3.8, 4) is 0 Å². The average Bonchev–Trinajstić information content (AvgIpc) is 2.60. The fourth-order valence-corrected chi connectivity index (χ4v) is 5.32. The first-order valence-electron chi connectivity index (χ1n) is 8.27. The summed E-state index contributed by atoms with van der Waals surface area (Å²) in [5.41, 5.74) is 0.450. The molecule has 2 aromatic rings. The molecule has 0 aromatic heterocycles. The number of hydrogen-bond donors (Lipinski definition) is 2. The van der Waals surface area contributed by atoms with Crippen molar-refractivity contribution in [2.24, 2.45) is 0 Å². The number of rotatable bonds is 7. The number of sulfone groups is 1. The monoisotopic (exact) mass is 415 g/mol. The van der Waals surface area contributed by atoms with Gasteiger partial charge in [-0.25, -0.2) is 25.9 Å². The van der Waals surface area contributed by atoms with Gasteiger partial charge in [-0.15, -0.1) is 0 Å². The minimum Gasteiger partial charge on any atom is -0.392 e. The number of hydrogen-bond acceptors (Lipinski definition) is 5. The Hall–Kier alpha value is -1.81. The molecule has 2 rings (SSSR count). The molecule has 0 amide bonds. The molecular weight excluding hydrogens is 393 g/mol. The minimum atomic E-state index is -4.04. The Morgan fingerprint density at radius 2 is 1.52 bits per heavy atom. The number of aliphatic hydroxyl groups excluding tert-OH is 1. The largest absolute Gasteiger partial charge is 0.392 e. The number of benzene rings is 2. The van der Waals surface area contributed by atoms with Gasteiger partial charge < -0.3 is 5.11 Å². The van der Waals surface area contributed by atoms with E-state index in [9.17, 15) is 26.3 Å². The summed E-state index contributed by atoms with van der Waals surface area (Å²) >= 11 is 0. The van der Waals surface area contributed by atoms with E-state index in [-0.39, 0.29) is 27.1 Å². The summed E-state index contributed by atoms with van der Waals surface area (Å²) in [5, 5.41) is 9.34. The number of sulfonamides is 1. The van der Waals surface area contributed by atoms with Gasteiger partial charge in [-0.3, -0.25) is 0 Å². The van der Waals surface area contributed by atoms with Gasteiger partial charge in [0, 0.05) is 6.54 Å². The van der Waals surface area contributed by atoms with E-state index in [1.54, 1.807) is 13.8 Å². The van der Waals surface area contributed by atoms with Crippen LogP contribution in [0.4, 0.5) is 4.39 Å². The third-order valence-electron chi connectivity index (χ3n) is 3.90. The molecule has 0 heterocycles. The van der Waals surface area contributed by atoms with Crippen molar-refractivity contribution < 1.29 is 26.3 Å². The van der Waals surface area contributed by atoms with Gasteiger partial charge in [0.2, 0.25) is 19.9 Å². The van der Waals surface area contributed by atoms with Crippen LogP contribution in [0.5, 0.6) is 0 Å². The van der Waals surface area contributed by atoms with E-state index in [1.807, 2.05) is 0 Å². The third-order valence-corrected chi connectivity index (χ3v) is 7.15. The Morgan fingerprint density at radius 3 is 2.04 bits per heavy atom. The van der Waals surface area contributed by atoms with Crippen molar-refractivity contribution >= 4 is 19.9 Å². The second-order valence-electron chi connectivity index (χ2n) is 6.51. The quantitative estimate of drug-likeness (QED) is 0.677. The Kier molecular flexibility index (Phi) is 6.41. The smallest absolute Gasteiger partial charge is 0.240 e. The zero-order chi connectivity index (χ0) is 20.4. The molecule has 148 valence electrons. The molecule has 0 aliphatic carbocycles. The summed E-state index contributed by atoms with van der Waals surface area (Å²) in [5.74, 6) is -0.750. The van der Waals surface area contributed by atoms with Crippen LogP contribution in [0.1, 0.15) is 32.3 Å². The highest BCUT2D eigenvalue weighted by Crippen LogP contribution is 2.29. The lowest BCUT2D eigenvalue weighted by atomic mass is 10.0. The second-order valence-corrected chi connectivity index (χ2v) is 10.2. The molecule has 2 aromatic carbocycles. The summed E-state index contributed by atoms with van der Waals surface area (Å²) in [6, 6.07) is 8.19. The van der Waals surface area contributed by atoms with Crippen molar-refractivity contribution in [3.05, 3.63) is 53.8 Å². The molecule has 1 atom stereocenters. The first-order chi connectivity index (χ1) is 12.4. The van der Waals surface area contributed by atoms with Gasteiger partial charge in [0.25, 0.3) is 0 Å². The molecule has 2 N–H and O–H groups in total. The van der Waals surface area contributed by atoms with Gasteiger partial charge in [-0.05, 0) is 54.8 Å². The summed E-state index contributed by atoms with van der Waals surface area (Å²) in [7, 11) is -8.06. The molecule has 0 bridgehead atoms. The number of aliphatic hydroxyl groups is 1. The molecule has 0 saturated heterocycles. The van der Waals surface area contributed by atoms with Crippen molar-refractivity contribution in [3.63, 3.8) is 0 Å². The van der Waals surface area contributed by atoms with Crippen LogP contribution in [-0.2, 0) is 19.9 Å². The summed E-state index contributed by atoms with van der Waals surface area (Å²) < 4.78 is 66.3. The van der Waals surface area contributed by atoms with Crippen molar-refractivity contribution in [2.45, 2.75) is 47.5 Å². The van der Waals surface area contributed by atoms with Crippen LogP contribution in [0, 0.1) is 5.82 Å². The Labute approximate surface area is 159 Å². The van der Waals surface area contributed by atoms with Gasteiger partial charge >= 0.3 is 0 Å². The SMILES string of the molecule is CC(O)CNS(=O)(=O)c1cc(S(=O)(=O)c2ccc(F)cc2)ccc1C(C)C. The maximum Gasteiger partial charge on any atom is 0.240 e. The van der Waals surface area contributed by atoms with Crippen molar-refractivity contribution in [1.29, 1.82) is 0 Å². The van der Waals surface area contributed by atoms with Gasteiger partial charge in [0.1, 0.15) is 5.82 Å². The van der Waals surface area contributed by atoms with E-state index in [2.05, 4.69) is 4.72 Å². The highest BCUT2D eigenvalue weighted by molar-refractivity contribution is 7.91. The minimum absolute atomic E-state index is 0.138. The predicted molar refractivity (Wildman–Crippen MR) is 99.3 cm³/mol. The standard InChI is InChI=1S/C18H22FNO5S2/c1-12(2)17-9-8-16(10-18(17)27(24,25)20-11-13(3)21)26(22,23)15-6-4-14(19)5-7-15/h4-10,12-13,20-21H,11H2,1-3H3. The van der Waals surface area contributed by atoms with E-state index >= 15 is 0 Å². The lowest BCUT2D eigenvalue weighted by Gasteiger charge is -2.16. The van der Waals surface area contributed by atoms with Gasteiger partial charge in [-0.1, -0.05) is 19.9 Å². The molecule has 0 spiro atoms. The topological polar surface area (TPSA) is 101 Å². The molecule has 1 unspecified atom stereocenters. The summed E-state index contributed by atoms with van der Waals surface area (Å²) in [6.07, 6.45) is -0.895. The molecular formula is C18H22FNO5S2. The molecule has 0 aliphatic rings. The first kappa shape index (κ1) is 21.5. The highest BCUT2D eigenvalue weighted by Gasteiger charge is 2.25. The predicted octanol–water partition coefficient (Wildman–Crippen LogP) is 2.44. The molecule has 0 fully saturated rings. The van der Waals surface area contributed by atoms with E-state index in [0.717, 1.165) is 30.3 Å². The molecule has 0 radical (unpaired) electrons. The highest BCUT2D eigenvalue weighted by atomic mass is 32.2. The van der Waals surface area contributed by atoms with Crippen molar-refractivity contribution in [2.75, 3.05) is 6.54 Å². The first-order valence-corrected chi connectivity index (χ1v) is 11.2. The lowest BCUT2D eigenvalue weighted by molar-refractivity contribution is 0.198. The molecule has 0 saturated carbocycles. The lowest BCUT2D eigenvalue weighted by Crippen LogP contribution is -2.31.